The standard InChI is InChI=1S/C26H23Cl2N3S2.C3H8/c27-23-10-8-19(16-22(23)26-21-7-3-2-6-18(21)12-13-29-26)30-33-25-11-9-20(17-24(25)28)31-14-4-1-5-15-32-31;1-3-2/h2-3,6-13,16-17,30H,1,4-5,14-15H2;3H2,1-2H3. The van der Waals surface area contributed by atoms with E-state index < -0.39 is 0 Å². The molecule has 0 unspecified atom stereocenters. The Hall–Kier alpha value is -2.05. The Morgan fingerprint density at radius 3 is 2.61 bits per heavy atom. The molecule has 0 atom stereocenters. The van der Waals surface area contributed by atoms with Crippen molar-refractivity contribution in [1.82, 2.24) is 4.98 Å². The van der Waals surface area contributed by atoms with Gasteiger partial charge in [-0.25, -0.2) is 0 Å². The largest absolute Gasteiger partial charge is 0.326 e. The second-order valence-electron chi connectivity index (χ2n) is 8.60. The molecule has 1 aliphatic heterocycles. The number of halogens is 2. The monoisotopic (exact) mass is 555 g/mol. The summed E-state index contributed by atoms with van der Waals surface area (Å²) in [6.07, 6.45) is 6.89. The fourth-order valence-corrected chi connectivity index (χ4v) is 6.14. The van der Waals surface area contributed by atoms with Gasteiger partial charge in [-0.3, -0.25) is 4.98 Å². The number of nitrogens with zero attached hydrogens (tertiary/aromatic N) is 2. The topological polar surface area (TPSA) is 28.2 Å². The van der Waals surface area contributed by atoms with Gasteiger partial charge >= 0.3 is 0 Å². The zero-order valence-electron chi connectivity index (χ0n) is 20.6. The maximum Gasteiger partial charge on any atom is 0.0796 e. The van der Waals surface area contributed by atoms with Crippen molar-refractivity contribution < 1.29 is 0 Å². The normalized spacial score (nSPS) is 13.6. The van der Waals surface area contributed by atoms with Crippen LogP contribution in [0.15, 0.2) is 77.8 Å². The van der Waals surface area contributed by atoms with Crippen LogP contribution in [0.4, 0.5) is 11.4 Å². The van der Waals surface area contributed by atoms with E-state index in [9.17, 15) is 0 Å². The molecule has 4 aromatic rings. The Bertz CT molecular complexity index is 1290. The number of rotatable bonds is 5. The number of fused-ring (bicyclic) bond motifs is 1. The lowest BCUT2D eigenvalue weighted by molar-refractivity contribution is 0.751. The minimum atomic E-state index is 0.673. The van der Waals surface area contributed by atoms with E-state index in [1.165, 1.54) is 49.1 Å². The lowest BCUT2D eigenvalue weighted by atomic mass is 10.0. The molecule has 2 heterocycles. The molecule has 3 nitrogen and oxygen atoms in total. The average molecular weight is 557 g/mol. The zero-order chi connectivity index (χ0) is 25.3. The number of aromatic nitrogens is 1. The van der Waals surface area contributed by atoms with Gasteiger partial charge < -0.3 is 9.03 Å². The van der Waals surface area contributed by atoms with Gasteiger partial charge in [0.15, 0.2) is 0 Å². The Labute approximate surface area is 233 Å². The highest BCUT2D eigenvalue weighted by Crippen LogP contribution is 2.37. The van der Waals surface area contributed by atoms with Crippen molar-refractivity contribution in [2.24, 2.45) is 0 Å². The predicted octanol–water partition coefficient (Wildman–Crippen LogP) is 10.4. The van der Waals surface area contributed by atoms with E-state index in [4.69, 9.17) is 23.2 Å². The average Bonchev–Trinajstić information content (AvgIpc) is 3.19. The van der Waals surface area contributed by atoms with Gasteiger partial charge in [0.2, 0.25) is 0 Å². The second kappa shape index (κ2) is 13.5. The van der Waals surface area contributed by atoms with Crippen LogP contribution >= 0.6 is 47.1 Å². The van der Waals surface area contributed by atoms with Crippen LogP contribution in [-0.2, 0) is 0 Å². The van der Waals surface area contributed by atoms with Crippen LogP contribution in [0.5, 0.6) is 0 Å². The summed E-state index contributed by atoms with van der Waals surface area (Å²) in [7, 11) is 0. The van der Waals surface area contributed by atoms with E-state index in [-0.39, 0.29) is 0 Å². The van der Waals surface area contributed by atoms with E-state index in [2.05, 4.69) is 58.2 Å². The van der Waals surface area contributed by atoms with E-state index in [0.29, 0.717) is 5.02 Å². The summed E-state index contributed by atoms with van der Waals surface area (Å²) in [4.78, 5) is 5.61. The van der Waals surface area contributed by atoms with E-state index in [1.54, 1.807) is 0 Å². The number of hydrogen-bond donors (Lipinski definition) is 1. The van der Waals surface area contributed by atoms with E-state index >= 15 is 0 Å². The first-order chi connectivity index (χ1) is 17.6. The Balaban J connectivity index is 0.000000967. The molecule has 0 bridgehead atoms. The molecule has 1 fully saturated rings. The number of anilines is 2. The van der Waals surface area contributed by atoms with Crippen LogP contribution in [0.3, 0.4) is 0 Å². The molecule has 1 aromatic heterocycles. The third-order valence-electron chi connectivity index (χ3n) is 5.63. The summed E-state index contributed by atoms with van der Waals surface area (Å²) in [6, 6.07) is 22.5. The first-order valence-corrected chi connectivity index (χ1v) is 14.9. The third kappa shape index (κ3) is 6.83. The van der Waals surface area contributed by atoms with Crippen LogP contribution < -0.4 is 9.03 Å². The molecular formula is C29H31Cl2N3S2. The molecule has 0 radical (unpaired) electrons. The van der Waals surface area contributed by atoms with Crippen LogP contribution in [0.2, 0.25) is 10.0 Å². The van der Waals surface area contributed by atoms with E-state index in [1.807, 2.05) is 54.5 Å². The summed E-state index contributed by atoms with van der Waals surface area (Å²) >= 11 is 16.6. The fraction of sp³-hybridized carbons (Fsp3) is 0.276. The summed E-state index contributed by atoms with van der Waals surface area (Å²) < 4.78 is 5.79. The highest BCUT2D eigenvalue weighted by atomic mass is 35.5. The van der Waals surface area contributed by atoms with Gasteiger partial charge in [-0.1, -0.05) is 74.2 Å². The van der Waals surface area contributed by atoms with Crippen molar-refractivity contribution in [3.63, 3.8) is 0 Å². The minimum absolute atomic E-state index is 0.673. The van der Waals surface area contributed by atoms with Crippen molar-refractivity contribution in [3.05, 3.63) is 83.0 Å². The first-order valence-electron chi connectivity index (χ1n) is 12.4. The van der Waals surface area contributed by atoms with Crippen molar-refractivity contribution in [3.8, 4) is 11.3 Å². The van der Waals surface area contributed by atoms with Gasteiger partial charge in [0.25, 0.3) is 0 Å². The maximum absolute atomic E-state index is 6.65. The molecule has 188 valence electrons. The highest BCUT2D eigenvalue weighted by Gasteiger charge is 2.14. The number of nitrogens with one attached hydrogen (secondary N) is 1. The van der Waals surface area contributed by atoms with Crippen LogP contribution in [0.1, 0.15) is 39.5 Å². The quantitative estimate of drug-likeness (QED) is 0.247. The molecule has 0 aliphatic carbocycles. The zero-order valence-corrected chi connectivity index (χ0v) is 23.8. The highest BCUT2D eigenvalue weighted by molar-refractivity contribution is 8.01. The van der Waals surface area contributed by atoms with Crippen LogP contribution in [-0.4, -0.2) is 17.3 Å². The summed E-state index contributed by atoms with van der Waals surface area (Å²) in [5.41, 5.74) is 3.90. The maximum atomic E-state index is 6.65. The van der Waals surface area contributed by atoms with Crippen LogP contribution in [0.25, 0.3) is 22.0 Å². The molecule has 7 heteroatoms. The predicted molar refractivity (Wildman–Crippen MR) is 163 cm³/mol. The Morgan fingerprint density at radius 1 is 0.944 bits per heavy atom. The van der Waals surface area contributed by atoms with Crippen molar-refractivity contribution in [2.75, 3.05) is 21.3 Å². The third-order valence-corrected chi connectivity index (χ3v) is 8.47. The van der Waals surface area contributed by atoms with Crippen molar-refractivity contribution in [2.45, 2.75) is 44.4 Å². The first kappa shape index (κ1) is 27.0. The van der Waals surface area contributed by atoms with Gasteiger partial charge in [-0.15, -0.1) is 0 Å². The number of hydrogen-bond acceptors (Lipinski definition) is 5. The summed E-state index contributed by atoms with van der Waals surface area (Å²) in [5.74, 6) is 1.17. The van der Waals surface area contributed by atoms with E-state index in [0.717, 1.165) is 44.2 Å². The minimum Gasteiger partial charge on any atom is -0.326 e. The fourth-order valence-electron chi connectivity index (χ4n) is 3.92. The smallest absolute Gasteiger partial charge is 0.0796 e. The lowest BCUT2D eigenvalue weighted by Gasteiger charge is -2.21. The Kier molecular flexibility index (Phi) is 10.1. The molecule has 0 spiro atoms. The van der Waals surface area contributed by atoms with Gasteiger partial charge in [0.1, 0.15) is 0 Å². The number of pyridine rings is 1. The van der Waals surface area contributed by atoms with Gasteiger partial charge in [-0.05, 0) is 84.6 Å². The molecule has 36 heavy (non-hydrogen) atoms. The molecule has 1 N–H and O–H groups in total. The summed E-state index contributed by atoms with van der Waals surface area (Å²) in [5, 5.41) is 3.64. The molecule has 1 saturated heterocycles. The number of benzene rings is 3. The molecule has 0 amide bonds. The lowest BCUT2D eigenvalue weighted by Crippen LogP contribution is -2.14. The molecular weight excluding hydrogens is 525 g/mol. The van der Waals surface area contributed by atoms with Crippen LogP contribution in [0, 0.1) is 0 Å². The molecule has 5 rings (SSSR count). The Morgan fingerprint density at radius 2 is 1.78 bits per heavy atom. The molecule has 1 aliphatic rings. The molecule has 0 saturated carbocycles. The second-order valence-corrected chi connectivity index (χ2v) is 11.4. The van der Waals surface area contributed by atoms with Gasteiger partial charge in [-0.2, -0.15) is 0 Å². The van der Waals surface area contributed by atoms with Gasteiger partial charge in [0, 0.05) is 45.7 Å². The van der Waals surface area contributed by atoms with Crippen molar-refractivity contribution in [1.29, 1.82) is 0 Å². The summed E-state index contributed by atoms with van der Waals surface area (Å²) in [6.45, 7) is 5.32. The van der Waals surface area contributed by atoms with Gasteiger partial charge in [0.05, 0.1) is 15.7 Å². The SMILES string of the molecule is CCC.Clc1cc(N2CCCCCS2)ccc1SNc1ccc(Cl)c(-c2nccc3ccccc23)c1. The van der Waals surface area contributed by atoms with Crippen molar-refractivity contribution >= 4 is 69.2 Å². The molecule has 3 aromatic carbocycles.